The van der Waals surface area contributed by atoms with Gasteiger partial charge in [-0.2, -0.15) is 0 Å². The normalized spacial score (nSPS) is 12.0. The molecule has 0 saturated heterocycles. The fraction of sp³-hybridized carbons (Fsp3) is 0.316. The lowest BCUT2D eigenvalue weighted by Crippen LogP contribution is -2.27. The lowest BCUT2D eigenvalue weighted by atomic mass is 10.0. The van der Waals surface area contributed by atoms with Crippen LogP contribution in [0.2, 0.25) is 0 Å². The van der Waals surface area contributed by atoms with E-state index in [1.54, 1.807) is 6.92 Å². The highest BCUT2D eigenvalue weighted by molar-refractivity contribution is 5.75. The van der Waals surface area contributed by atoms with E-state index in [9.17, 15) is 4.79 Å². The summed E-state index contributed by atoms with van der Waals surface area (Å²) >= 11 is 0. The van der Waals surface area contributed by atoms with Crippen molar-refractivity contribution in [3.63, 3.8) is 0 Å². The van der Waals surface area contributed by atoms with Crippen LogP contribution in [0.25, 0.3) is 11.1 Å². The largest absolute Gasteiger partial charge is 0.464 e. The molecule has 2 aromatic rings. The van der Waals surface area contributed by atoms with Crippen LogP contribution in [0.4, 0.5) is 0 Å². The van der Waals surface area contributed by atoms with Crippen LogP contribution in [-0.4, -0.2) is 30.9 Å². The third-order valence-electron chi connectivity index (χ3n) is 3.68. The molecule has 122 valence electrons. The summed E-state index contributed by atoms with van der Waals surface area (Å²) in [4.78, 5) is 11.8. The summed E-state index contributed by atoms with van der Waals surface area (Å²) in [6.07, 6.45) is -0.0939. The lowest BCUT2D eigenvalue weighted by molar-refractivity contribution is -0.154. The number of hydrogen-bond donors (Lipinski definition) is 1. The van der Waals surface area contributed by atoms with Crippen molar-refractivity contribution in [1.82, 2.24) is 0 Å². The van der Waals surface area contributed by atoms with E-state index in [1.165, 1.54) is 7.11 Å². The average molecular weight is 314 g/mol. The number of ether oxygens (including phenoxy) is 2. The first-order chi connectivity index (χ1) is 11.2. The number of methoxy groups -OCH3 is 1. The van der Waals surface area contributed by atoms with Crippen molar-refractivity contribution in [3.05, 3.63) is 59.7 Å². The molecule has 0 aliphatic rings. The molecule has 1 N–H and O–H groups in total. The molecule has 0 aromatic heterocycles. The molecule has 4 heteroatoms. The van der Waals surface area contributed by atoms with E-state index >= 15 is 0 Å². The maximum absolute atomic E-state index is 11.8. The Bertz CT molecular complexity index is 617. The van der Waals surface area contributed by atoms with Gasteiger partial charge in [0.05, 0.1) is 13.2 Å². The molecule has 0 fully saturated rings. The van der Waals surface area contributed by atoms with E-state index < -0.39 is 6.10 Å². The van der Waals surface area contributed by atoms with Gasteiger partial charge in [-0.15, -0.1) is 0 Å². The number of aliphatic hydroxyl groups is 1. The fourth-order valence-corrected chi connectivity index (χ4v) is 2.35. The zero-order valence-electron chi connectivity index (χ0n) is 13.5. The van der Waals surface area contributed by atoms with Crippen molar-refractivity contribution < 1.29 is 19.4 Å². The Kier molecular flexibility index (Phi) is 6.32. The van der Waals surface area contributed by atoms with E-state index in [-0.39, 0.29) is 12.6 Å². The standard InChI is InChI=1S/C19H22O4/c1-3-23-19(21)18(22-2)12-14-4-8-16(9-5-14)17-10-6-15(13-20)7-11-17/h4-11,18,20H,3,12-13H2,1-2H3/t18-/m0/s1. The third kappa shape index (κ3) is 4.65. The van der Waals surface area contributed by atoms with Gasteiger partial charge in [0.2, 0.25) is 0 Å². The molecule has 0 saturated carbocycles. The van der Waals surface area contributed by atoms with Gasteiger partial charge in [-0.3, -0.25) is 0 Å². The number of carbonyl (C=O) groups is 1. The molecule has 0 amide bonds. The maximum Gasteiger partial charge on any atom is 0.335 e. The van der Waals surface area contributed by atoms with Gasteiger partial charge in [-0.05, 0) is 29.2 Å². The topological polar surface area (TPSA) is 55.8 Å². The molecular formula is C19H22O4. The van der Waals surface area contributed by atoms with E-state index in [2.05, 4.69) is 0 Å². The number of benzene rings is 2. The quantitative estimate of drug-likeness (QED) is 0.798. The van der Waals surface area contributed by atoms with Gasteiger partial charge < -0.3 is 14.6 Å². The molecule has 0 aliphatic carbocycles. The first kappa shape index (κ1) is 17.2. The highest BCUT2D eigenvalue weighted by atomic mass is 16.6. The second-order valence-corrected chi connectivity index (χ2v) is 5.23. The molecule has 0 radical (unpaired) electrons. The molecule has 2 aromatic carbocycles. The van der Waals surface area contributed by atoms with Gasteiger partial charge in [-0.25, -0.2) is 4.79 Å². The van der Waals surface area contributed by atoms with Gasteiger partial charge in [0.25, 0.3) is 0 Å². The molecule has 4 nitrogen and oxygen atoms in total. The first-order valence-corrected chi connectivity index (χ1v) is 7.66. The number of hydrogen-bond acceptors (Lipinski definition) is 4. The third-order valence-corrected chi connectivity index (χ3v) is 3.68. The Balaban J connectivity index is 2.07. The molecule has 0 heterocycles. The van der Waals surface area contributed by atoms with Crippen molar-refractivity contribution in [1.29, 1.82) is 0 Å². The van der Waals surface area contributed by atoms with Crippen LogP contribution in [0.5, 0.6) is 0 Å². The molecule has 1 atom stereocenters. The minimum Gasteiger partial charge on any atom is -0.464 e. The van der Waals surface area contributed by atoms with Crippen LogP contribution in [0.15, 0.2) is 48.5 Å². The zero-order chi connectivity index (χ0) is 16.7. The molecule has 2 rings (SSSR count). The van der Waals surface area contributed by atoms with Crippen LogP contribution in [0.1, 0.15) is 18.1 Å². The SMILES string of the molecule is CCOC(=O)[C@H](Cc1ccc(-c2ccc(CO)cc2)cc1)OC. The van der Waals surface area contributed by atoms with Gasteiger partial charge in [0, 0.05) is 13.5 Å². The van der Waals surface area contributed by atoms with Crippen molar-refractivity contribution in [2.75, 3.05) is 13.7 Å². The summed E-state index contributed by atoms with van der Waals surface area (Å²) in [5, 5.41) is 9.08. The van der Waals surface area contributed by atoms with Crippen LogP contribution in [0.3, 0.4) is 0 Å². The predicted molar refractivity (Wildman–Crippen MR) is 88.9 cm³/mol. The summed E-state index contributed by atoms with van der Waals surface area (Å²) in [6, 6.07) is 15.8. The molecular weight excluding hydrogens is 292 g/mol. The van der Waals surface area contributed by atoms with Crippen molar-refractivity contribution in [2.24, 2.45) is 0 Å². The second kappa shape index (κ2) is 8.46. The van der Waals surface area contributed by atoms with E-state index in [0.29, 0.717) is 13.0 Å². The van der Waals surface area contributed by atoms with Gasteiger partial charge >= 0.3 is 5.97 Å². The second-order valence-electron chi connectivity index (χ2n) is 5.23. The Morgan fingerprint density at radius 1 is 1.00 bits per heavy atom. The Morgan fingerprint density at radius 2 is 1.52 bits per heavy atom. The van der Waals surface area contributed by atoms with E-state index in [4.69, 9.17) is 14.6 Å². The smallest absolute Gasteiger partial charge is 0.335 e. The van der Waals surface area contributed by atoms with Crippen LogP contribution in [-0.2, 0) is 27.3 Å². The summed E-state index contributed by atoms with van der Waals surface area (Å²) < 4.78 is 10.2. The van der Waals surface area contributed by atoms with Crippen LogP contribution < -0.4 is 0 Å². The highest BCUT2D eigenvalue weighted by Gasteiger charge is 2.19. The van der Waals surface area contributed by atoms with Gasteiger partial charge in [0.15, 0.2) is 6.10 Å². The number of carbonyl (C=O) groups excluding carboxylic acids is 1. The predicted octanol–water partition coefficient (Wildman–Crippen LogP) is 2.97. The molecule has 0 unspecified atom stereocenters. The molecule has 23 heavy (non-hydrogen) atoms. The number of aliphatic hydroxyl groups excluding tert-OH is 1. The van der Waals surface area contributed by atoms with Crippen molar-refractivity contribution in [3.8, 4) is 11.1 Å². The van der Waals surface area contributed by atoms with Gasteiger partial charge in [-0.1, -0.05) is 48.5 Å². The summed E-state index contributed by atoms with van der Waals surface area (Å²) in [6.45, 7) is 2.18. The highest BCUT2D eigenvalue weighted by Crippen LogP contribution is 2.21. The summed E-state index contributed by atoms with van der Waals surface area (Å²) in [5.41, 5.74) is 4.08. The molecule has 0 aliphatic heterocycles. The Labute approximate surface area is 136 Å². The maximum atomic E-state index is 11.8. The Hall–Kier alpha value is -2.17. The van der Waals surface area contributed by atoms with Crippen molar-refractivity contribution in [2.45, 2.75) is 26.1 Å². The molecule has 0 bridgehead atoms. The fourth-order valence-electron chi connectivity index (χ4n) is 2.35. The number of esters is 1. The lowest BCUT2D eigenvalue weighted by Gasteiger charge is -2.14. The summed E-state index contributed by atoms with van der Waals surface area (Å²) in [5.74, 6) is -0.335. The minimum atomic E-state index is -0.579. The minimum absolute atomic E-state index is 0.0471. The monoisotopic (exact) mass is 314 g/mol. The van der Waals surface area contributed by atoms with E-state index in [1.807, 2.05) is 48.5 Å². The van der Waals surface area contributed by atoms with E-state index in [0.717, 1.165) is 22.3 Å². The van der Waals surface area contributed by atoms with Crippen LogP contribution >= 0.6 is 0 Å². The zero-order valence-corrected chi connectivity index (χ0v) is 13.5. The first-order valence-electron chi connectivity index (χ1n) is 7.66. The average Bonchev–Trinajstić information content (AvgIpc) is 2.60. The van der Waals surface area contributed by atoms with Gasteiger partial charge in [0.1, 0.15) is 0 Å². The van der Waals surface area contributed by atoms with Crippen LogP contribution in [0, 0.1) is 0 Å². The van der Waals surface area contributed by atoms with Crippen molar-refractivity contribution >= 4 is 5.97 Å². The Morgan fingerprint density at radius 3 is 1.96 bits per heavy atom. The summed E-state index contributed by atoms with van der Waals surface area (Å²) in [7, 11) is 1.51. The number of rotatable bonds is 7. The molecule has 0 spiro atoms.